The third kappa shape index (κ3) is 5.28. The van der Waals surface area contributed by atoms with Crippen molar-refractivity contribution in [3.05, 3.63) is 63.6 Å². The number of hydrogen-bond donors (Lipinski definition) is 2. The minimum absolute atomic E-state index is 0.0926. The Morgan fingerprint density at radius 3 is 2.45 bits per heavy atom. The number of nitrogens with one attached hydrogen (secondary N) is 2. The van der Waals surface area contributed by atoms with Gasteiger partial charge in [0.05, 0.1) is 22.6 Å². The molecule has 1 aliphatic heterocycles. The summed E-state index contributed by atoms with van der Waals surface area (Å²) in [5, 5.41) is 6.26. The molecule has 2 aromatic carbocycles. The Bertz CT molecular complexity index is 931. The van der Waals surface area contributed by atoms with E-state index in [9.17, 15) is 14.4 Å². The molecule has 1 fully saturated rings. The van der Waals surface area contributed by atoms with Gasteiger partial charge in [0, 0.05) is 24.2 Å². The van der Waals surface area contributed by atoms with Crippen molar-refractivity contribution >= 4 is 46.6 Å². The van der Waals surface area contributed by atoms with E-state index in [-0.39, 0.29) is 30.3 Å². The third-order valence-electron chi connectivity index (χ3n) is 4.75. The van der Waals surface area contributed by atoms with Gasteiger partial charge in [0.2, 0.25) is 11.8 Å². The highest BCUT2D eigenvalue weighted by atomic mass is 35.5. The summed E-state index contributed by atoms with van der Waals surface area (Å²) in [7, 11) is 0. The van der Waals surface area contributed by atoms with Crippen molar-refractivity contribution in [1.29, 1.82) is 0 Å². The van der Waals surface area contributed by atoms with Crippen LogP contribution in [0.1, 0.15) is 41.7 Å². The summed E-state index contributed by atoms with van der Waals surface area (Å²) in [6, 6.07) is 11.6. The van der Waals surface area contributed by atoms with E-state index in [1.54, 1.807) is 47.4 Å². The molecular formula is C21H21Cl2N3O3. The second-order valence-corrected chi connectivity index (χ2v) is 7.66. The van der Waals surface area contributed by atoms with Crippen LogP contribution in [0.5, 0.6) is 0 Å². The maximum absolute atomic E-state index is 12.3. The van der Waals surface area contributed by atoms with Crippen LogP contribution < -0.4 is 15.5 Å². The van der Waals surface area contributed by atoms with E-state index in [2.05, 4.69) is 10.6 Å². The van der Waals surface area contributed by atoms with Gasteiger partial charge in [-0.1, -0.05) is 29.3 Å². The molecule has 1 saturated heterocycles. The fraction of sp³-hybridized carbons (Fsp3) is 0.286. The topological polar surface area (TPSA) is 78.5 Å². The predicted molar refractivity (Wildman–Crippen MR) is 113 cm³/mol. The molecule has 0 spiro atoms. The number of anilines is 1. The van der Waals surface area contributed by atoms with Crippen LogP contribution in [0.15, 0.2) is 42.5 Å². The number of halogens is 2. The van der Waals surface area contributed by atoms with Gasteiger partial charge in [0.1, 0.15) is 0 Å². The van der Waals surface area contributed by atoms with Crippen molar-refractivity contribution in [1.82, 2.24) is 10.6 Å². The van der Waals surface area contributed by atoms with E-state index in [0.717, 1.165) is 17.7 Å². The Hall–Kier alpha value is -2.57. The highest BCUT2D eigenvalue weighted by Gasteiger charge is 2.21. The molecule has 0 saturated carbocycles. The quantitative estimate of drug-likeness (QED) is 0.728. The first kappa shape index (κ1) is 21.1. The molecule has 6 nitrogen and oxygen atoms in total. The third-order valence-corrected chi connectivity index (χ3v) is 5.48. The van der Waals surface area contributed by atoms with Gasteiger partial charge in [-0.15, -0.1) is 0 Å². The molecule has 1 aliphatic rings. The summed E-state index contributed by atoms with van der Waals surface area (Å²) in [5.41, 5.74) is 2.01. The van der Waals surface area contributed by atoms with Crippen LogP contribution >= 0.6 is 23.2 Å². The van der Waals surface area contributed by atoms with Crippen LogP contribution in [-0.2, 0) is 9.59 Å². The fourth-order valence-corrected chi connectivity index (χ4v) is 3.44. The number of amides is 3. The van der Waals surface area contributed by atoms with Gasteiger partial charge in [-0.3, -0.25) is 14.4 Å². The smallest absolute Gasteiger partial charge is 0.251 e. The average molecular weight is 434 g/mol. The molecule has 152 valence electrons. The second-order valence-electron chi connectivity index (χ2n) is 6.84. The van der Waals surface area contributed by atoms with Gasteiger partial charge in [-0.2, -0.15) is 0 Å². The highest BCUT2D eigenvalue weighted by Crippen LogP contribution is 2.25. The summed E-state index contributed by atoms with van der Waals surface area (Å²) in [6.07, 6.45) is 1.40. The predicted octanol–water partition coefficient (Wildman–Crippen LogP) is 3.73. The molecule has 1 atom stereocenters. The summed E-state index contributed by atoms with van der Waals surface area (Å²) >= 11 is 11.9. The monoisotopic (exact) mass is 433 g/mol. The van der Waals surface area contributed by atoms with Gasteiger partial charge in [0.25, 0.3) is 5.91 Å². The van der Waals surface area contributed by atoms with E-state index in [1.807, 2.05) is 6.92 Å². The van der Waals surface area contributed by atoms with Gasteiger partial charge >= 0.3 is 0 Å². The molecule has 29 heavy (non-hydrogen) atoms. The lowest BCUT2D eigenvalue weighted by atomic mass is 10.1. The average Bonchev–Trinajstić information content (AvgIpc) is 3.14. The lowest BCUT2D eigenvalue weighted by Crippen LogP contribution is -2.38. The Balaban J connectivity index is 1.51. The van der Waals surface area contributed by atoms with Crippen LogP contribution in [0.2, 0.25) is 10.0 Å². The maximum Gasteiger partial charge on any atom is 0.251 e. The van der Waals surface area contributed by atoms with Crippen molar-refractivity contribution in [2.75, 3.05) is 18.0 Å². The van der Waals surface area contributed by atoms with Crippen molar-refractivity contribution in [3.8, 4) is 0 Å². The van der Waals surface area contributed by atoms with E-state index in [1.165, 1.54) is 0 Å². The van der Waals surface area contributed by atoms with Crippen LogP contribution in [0.25, 0.3) is 0 Å². The van der Waals surface area contributed by atoms with E-state index < -0.39 is 0 Å². The minimum atomic E-state index is -0.360. The Kier molecular flexibility index (Phi) is 6.77. The summed E-state index contributed by atoms with van der Waals surface area (Å²) in [6.45, 7) is 2.36. The molecule has 3 amide bonds. The molecule has 8 heteroatoms. The molecule has 0 aromatic heterocycles. The molecule has 0 unspecified atom stereocenters. The van der Waals surface area contributed by atoms with Crippen LogP contribution in [-0.4, -0.2) is 30.8 Å². The lowest BCUT2D eigenvalue weighted by molar-refractivity contribution is -0.120. The Labute approximate surface area is 179 Å². The highest BCUT2D eigenvalue weighted by molar-refractivity contribution is 6.42. The van der Waals surface area contributed by atoms with Crippen LogP contribution in [0.3, 0.4) is 0 Å². The first-order valence-corrected chi connectivity index (χ1v) is 10.0. The van der Waals surface area contributed by atoms with Gasteiger partial charge in [0.15, 0.2) is 0 Å². The molecule has 1 heterocycles. The minimum Gasteiger partial charge on any atom is -0.348 e. The Morgan fingerprint density at radius 1 is 1.10 bits per heavy atom. The van der Waals surface area contributed by atoms with Crippen molar-refractivity contribution in [2.24, 2.45) is 0 Å². The number of hydrogen-bond acceptors (Lipinski definition) is 3. The number of rotatable bonds is 6. The van der Waals surface area contributed by atoms with Gasteiger partial charge in [-0.05, 0) is 55.3 Å². The van der Waals surface area contributed by atoms with Crippen molar-refractivity contribution in [3.63, 3.8) is 0 Å². The fourth-order valence-electron chi connectivity index (χ4n) is 3.13. The molecule has 2 N–H and O–H groups in total. The van der Waals surface area contributed by atoms with E-state index in [0.29, 0.717) is 28.6 Å². The van der Waals surface area contributed by atoms with Gasteiger partial charge < -0.3 is 15.5 Å². The maximum atomic E-state index is 12.3. The molecule has 3 rings (SSSR count). The van der Waals surface area contributed by atoms with Crippen molar-refractivity contribution in [2.45, 2.75) is 25.8 Å². The summed E-state index contributed by atoms with van der Waals surface area (Å²) < 4.78 is 0. The summed E-state index contributed by atoms with van der Waals surface area (Å²) in [5.74, 6) is -0.590. The Morgan fingerprint density at radius 2 is 1.83 bits per heavy atom. The first-order chi connectivity index (χ1) is 13.8. The standard InChI is InChI=1S/C21H21Cl2N3O3/c1-13(15-6-9-17(22)18(23)11-15)25-19(27)12-24-21(29)14-4-7-16(8-5-14)26-10-2-3-20(26)28/h4-9,11,13H,2-3,10,12H2,1H3,(H,24,29)(H,25,27)/t13-/m0/s1. The van der Waals surface area contributed by atoms with Crippen LogP contribution in [0, 0.1) is 0 Å². The molecule has 0 aliphatic carbocycles. The number of carbonyl (C=O) groups is 3. The number of nitrogens with zero attached hydrogens (tertiary/aromatic N) is 1. The van der Waals surface area contributed by atoms with E-state index in [4.69, 9.17) is 23.2 Å². The normalized spacial score (nSPS) is 14.6. The van der Waals surface area contributed by atoms with Crippen molar-refractivity contribution < 1.29 is 14.4 Å². The molecule has 2 aromatic rings. The first-order valence-electron chi connectivity index (χ1n) is 9.28. The molecule has 0 radical (unpaired) electrons. The zero-order valence-corrected chi connectivity index (χ0v) is 17.4. The van der Waals surface area contributed by atoms with Crippen LogP contribution in [0.4, 0.5) is 5.69 Å². The SMILES string of the molecule is C[C@H](NC(=O)CNC(=O)c1ccc(N2CCCC2=O)cc1)c1ccc(Cl)c(Cl)c1. The number of carbonyl (C=O) groups excluding carboxylic acids is 3. The lowest BCUT2D eigenvalue weighted by Gasteiger charge is -2.16. The zero-order chi connectivity index (χ0) is 21.0. The van der Waals surface area contributed by atoms with E-state index >= 15 is 0 Å². The molecular weight excluding hydrogens is 413 g/mol. The van der Waals surface area contributed by atoms with Gasteiger partial charge in [-0.25, -0.2) is 0 Å². The molecule has 0 bridgehead atoms. The largest absolute Gasteiger partial charge is 0.348 e. The second kappa shape index (κ2) is 9.29. The summed E-state index contributed by atoms with van der Waals surface area (Å²) in [4.78, 5) is 37.9. The zero-order valence-electron chi connectivity index (χ0n) is 15.9. The number of benzene rings is 2.